The highest BCUT2D eigenvalue weighted by molar-refractivity contribution is 7.89. The van der Waals surface area contributed by atoms with Crippen molar-refractivity contribution in [2.75, 3.05) is 26.7 Å². The number of amides is 1. The average molecular weight is 486 g/mol. The Morgan fingerprint density at radius 1 is 1.09 bits per heavy atom. The molecule has 2 aromatic carbocycles. The molecule has 2 aromatic rings. The highest BCUT2D eigenvalue weighted by Crippen LogP contribution is 2.36. The van der Waals surface area contributed by atoms with E-state index >= 15 is 0 Å². The van der Waals surface area contributed by atoms with E-state index < -0.39 is 15.7 Å². The van der Waals surface area contributed by atoms with Crippen molar-refractivity contribution >= 4 is 15.9 Å². The molecule has 7 nitrogen and oxygen atoms in total. The molecule has 0 bridgehead atoms. The number of piperidine rings is 1. The smallest absolute Gasteiger partial charge is 0.243 e. The molecule has 4 rings (SSSR count). The van der Waals surface area contributed by atoms with Crippen molar-refractivity contribution in [2.45, 2.75) is 56.1 Å². The van der Waals surface area contributed by atoms with Crippen molar-refractivity contribution < 1.29 is 17.9 Å². The van der Waals surface area contributed by atoms with Crippen LogP contribution in [0.25, 0.3) is 0 Å². The zero-order chi connectivity index (χ0) is 24.3. The molecule has 1 N–H and O–H groups in total. The van der Waals surface area contributed by atoms with Crippen LogP contribution in [0.2, 0.25) is 0 Å². The van der Waals surface area contributed by atoms with E-state index in [0.717, 1.165) is 12.0 Å². The number of ether oxygens (including phenoxy) is 1. The van der Waals surface area contributed by atoms with Crippen molar-refractivity contribution in [3.8, 4) is 5.75 Å². The van der Waals surface area contributed by atoms with Crippen LogP contribution in [0.15, 0.2) is 59.5 Å². The maximum absolute atomic E-state index is 13.5. The van der Waals surface area contributed by atoms with E-state index in [-0.39, 0.29) is 16.8 Å². The Hall–Kier alpha value is -2.42. The van der Waals surface area contributed by atoms with Crippen molar-refractivity contribution in [2.24, 2.45) is 5.92 Å². The number of nitrogens with one attached hydrogen (secondary N) is 1. The van der Waals surface area contributed by atoms with Crippen LogP contribution in [-0.4, -0.2) is 62.0 Å². The highest BCUT2D eigenvalue weighted by Gasteiger charge is 2.52. The number of hydrogen-bond donors (Lipinski definition) is 1. The van der Waals surface area contributed by atoms with Gasteiger partial charge < -0.3 is 9.64 Å². The van der Waals surface area contributed by atoms with Crippen LogP contribution in [0, 0.1) is 5.92 Å². The normalized spacial score (nSPS) is 21.7. The molecular weight excluding hydrogens is 450 g/mol. The molecule has 0 saturated carbocycles. The Kier molecular flexibility index (Phi) is 7.31. The van der Waals surface area contributed by atoms with Gasteiger partial charge in [-0.25, -0.2) is 8.42 Å². The molecule has 2 aliphatic rings. The van der Waals surface area contributed by atoms with Gasteiger partial charge in [0.25, 0.3) is 0 Å². The summed E-state index contributed by atoms with van der Waals surface area (Å²) in [7, 11) is -2.05. The molecule has 1 amide bonds. The molecule has 184 valence electrons. The van der Waals surface area contributed by atoms with Gasteiger partial charge in [-0.2, -0.15) is 4.31 Å². The van der Waals surface area contributed by atoms with E-state index in [9.17, 15) is 13.2 Å². The van der Waals surface area contributed by atoms with E-state index in [0.29, 0.717) is 50.6 Å². The number of hydrogen-bond acceptors (Lipinski definition) is 5. The fourth-order valence-electron chi connectivity index (χ4n) is 4.96. The molecule has 2 saturated heterocycles. The first-order chi connectivity index (χ1) is 16.3. The van der Waals surface area contributed by atoms with E-state index in [1.54, 1.807) is 31.4 Å². The van der Waals surface area contributed by atoms with Crippen LogP contribution >= 0.6 is 0 Å². The molecule has 0 aromatic heterocycles. The van der Waals surface area contributed by atoms with Gasteiger partial charge in [-0.1, -0.05) is 50.6 Å². The Bertz CT molecular complexity index is 1080. The summed E-state index contributed by atoms with van der Waals surface area (Å²) in [6.07, 6.45) is 2.75. The first-order valence-corrected chi connectivity index (χ1v) is 13.5. The zero-order valence-corrected chi connectivity index (χ0v) is 21.1. The minimum absolute atomic E-state index is 0.121. The number of nitrogens with zero attached hydrogens (tertiary/aromatic N) is 2. The minimum atomic E-state index is -3.61. The van der Waals surface area contributed by atoms with Crippen LogP contribution in [0.4, 0.5) is 0 Å². The molecule has 8 heteroatoms. The van der Waals surface area contributed by atoms with Crippen LogP contribution in [0.1, 0.15) is 38.7 Å². The van der Waals surface area contributed by atoms with Crippen LogP contribution in [-0.2, 0) is 21.2 Å². The molecule has 0 aliphatic carbocycles. The predicted molar refractivity (Wildman–Crippen MR) is 132 cm³/mol. The van der Waals surface area contributed by atoms with Gasteiger partial charge in [0.2, 0.25) is 15.9 Å². The number of rotatable bonds is 8. The molecule has 34 heavy (non-hydrogen) atoms. The Morgan fingerprint density at radius 2 is 1.74 bits per heavy atom. The van der Waals surface area contributed by atoms with E-state index in [1.807, 2.05) is 35.2 Å². The summed E-state index contributed by atoms with van der Waals surface area (Å²) in [6.45, 7) is 5.71. The van der Waals surface area contributed by atoms with Crippen molar-refractivity contribution in [1.29, 1.82) is 0 Å². The topological polar surface area (TPSA) is 79.0 Å². The van der Waals surface area contributed by atoms with Crippen molar-refractivity contribution in [1.82, 2.24) is 14.5 Å². The number of methoxy groups -OCH3 is 1. The van der Waals surface area contributed by atoms with Gasteiger partial charge in [0.05, 0.1) is 23.7 Å². The SMILES string of the molecule is CC[C@@H](C)CN1C(=O)[C@H](Cc2ccccc2)NC12CCN(S(=O)(=O)c1ccc(OC)cc1)CC2. The van der Waals surface area contributed by atoms with Gasteiger partial charge in [0.1, 0.15) is 5.75 Å². The molecule has 2 heterocycles. The Balaban J connectivity index is 1.52. The van der Waals surface area contributed by atoms with Crippen molar-refractivity contribution in [3.63, 3.8) is 0 Å². The van der Waals surface area contributed by atoms with Gasteiger partial charge in [0.15, 0.2) is 0 Å². The second-order valence-corrected chi connectivity index (χ2v) is 11.4. The summed E-state index contributed by atoms with van der Waals surface area (Å²) in [4.78, 5) is 15.8. The second kappa shape index (κ2) is 10.1. The van der Waals surface area contributed by atoms with Gasteiger partial charge >= 0.3 is 0 Å². The lowest BCUT2D eigenvalue weighted by molar-refractivity contribution is -0.134. The Morgan fingerprint density at radius 3 is 2.32 bits per heavy atom. The first-order valence-electron chi connectivity index (χ1n) is 12.1. The third kappa shape index (κ3) is 4.85. The Labute approximate surface area is 203 Å². The summed E-state index contributed by atoms with van der Waals surface area (Å²) < 4.78 is 33.2. The van der Waals surface area contributed by atoms with Crippen LogP contribution < -0.4 is 10.1 Å². The third-order valence-electron chi connectivity index (χ3n) is 7.24. The minimum Gasteiger partial charge on any atom is -0.497 e. The highest BCUT2D eigenvalue weighted by atomic mass is 32.2. The van der Waals surface area contributed by atoms with Crippen LogP contribution in [0.5, 0.6) is 5.75 Å². The second-order valence-electron chi connectivity index (χ2n) is 9.46. The number of benzene rings is 2. The quantitative estimate of drug-likeness (QED) is 0.621. The average Bonchev–Trinajstić information content (AvgIpc) is 3.10. The lowest BCUT2D eigenvalue weighted by atomic mass is 9.95. The molecule has 0 unspecified atom stereocenters. The van der Waals surface area contributed by atoms with Crippen molar-refractivity contribution in [3.05, 3.63) is 60.2 Å². The van der Waals surface area contributed by atoms with Crippen LogP contribution in [0.3, 0.4) is 0 Å². The molecule has 1 spiro atoms. The third-order valence-corrected chi connectivity index (χ3v) is 9.16. The molecule has 2 fully saturated rings. The van der Waals surface area contributed by atoms with Gasteiger partial charge in [-0.3, -0.25) is 10.1 Å². The first kappa shape index (κ1) is 24.7. The summed E-state index contributed by atoms with van der Waals surface area (Å²) in [5, 5.41) is 3.65. The van der Waals surface area contributed by atoms with Gasteiger partial charge in [-0.05, 0) is 55.0 Å². The molecule has 2 atom stereocenters. The maximum atomic E-state index is 13.5. The largest absolute Gasteiger partial charge is 0.497 e. The predicted octanol–water partition coefficient (Wildman–Crippen LogP) is 3.27. The van der Waals surface area contributed by atoms with E-state index in [2.05, 4.69) is 19.2 Å². The van der Waals surface area contributed by atoms with Gasteiger partial charge in [-0.15, -0.1) is 0 Å². The molecular formula is C26H35N3O4S. The lowest BCUT2D eigenvalue weighted by Crippen LogP contribution is -2.60. The van der Waals surface area contributed by atoms with E-state index in [4.69, 9.17) is 4.74 Å². The number of carbonyl (C=O) groups excluding carboxylic acids is 1. The monoisotopic (exact) mass is 485 g/mol. The standard InChI is InChI=1S/C26H35N3O4S/c1-4-20(2)19-29-25(30)24(18-21-8-6-5-7-9-21)27-26(29)14-16-28(17-15-26)34(31,32)23-12-10-22(33-3)11-13-23/h5-13,20,24,27H,4,14-19H2,1-3H3/t20-,24+/m1/s1. The molecule has 2 aliphatic heterocycles. The maximum Gasteiger partial charge on any atom is 0.243 e. The van der Waals surface area contributed by atoms with E-state index in [1.165, 1.54) is 4.31 Å². The lowest BCUT2D eigenvalue weighted by Gasteiger charge is -2.45. The molecule has 0 radical (unpaired) electrons. The summed E-state index contributed by atoms with van der Waals surface area (Å²) >= 11 is 0. The summed E-state index contributed by atoms with van der Waals surface area (Å²) in [5.41, 5.74) is 0.611. The van der Waals surface area contributed by atoms with Gasteiger partial charge in [0, 0.05) is 19.6 Å². The fourth-order valence-corrected chi connectivity index (χ4v) is 6.41. The zero-order valence-electron chi connectivity index (χ0n) is 20.2. The summed E-state index contributed by atoms with van der Waals surface area (Å²) in [6, 6.07) is 16.2. The number of sulfonamides is 1. The fraction of sp³-hybridized carbons (Fsp3) is 0.500. The number of carbonyl (C=O) groups is 1. The summed E-state index contributed by atoms with van der Waals surface area (Å²) in [5.74, 6) is 1.12.